The summed E-state index contributed by atoms with van der Waals surface area (Å²) in [6.07, 6.45) is 0. The van der Waals surface area contributed by atoms with Gasteiger partial charge in [0, 0.05) is 25.7 Å². The zero-order chi connectivity index (χ0) is 14.3. The molecule has 0 unspecified atom stereocenters. The Labute approximate surface area is 105 Å². The first-order chi connectivity index (χ1) is 8.22. The van der Waals surface area contributed by atoms with Gasteiger partial charge < -0.3 is 10.2 Å². The minimum absolute atomic E-state index is 0.0948. The average molecular weight is 242 g/mol. The monoisotopic (exact) mass is 242 g/mol. The SMILES string of the molecule is CC.CC(C)C(=O)c1ccccc1.CO.CO. The summed E-state index contributed by atoms with van der Waals surface area (Å²) in [6.45, 7) is 7.82. The molecule has 1 rings (SSSR count). The molecule has 1 aromatic carbocycles. The van der Waals surface area contributed by atoms with Crippen LogP contribution in [0.1, 0.15) is 38.1 Å². The molecular formula is C14H26O3. The summed E-state index contributed by atoms with van der Waals surface area (Å²) in [5.74, 6) is 0.308. The van der Waals surface area contributed by atoms with Gasteiger partial charge in [-0.2, -0.15) is 0 Å². The fraction of sp³-hybridized carbons (Fsp3) is 0.500. The number of rotatable bonds is 2. The van der Waals surface area contributed by atoms with Crippen LogP contribution in [0, 0.1) is 5.92 Å². The van der Waals surface area contributed by atoms with Crippen molar-refractivity contribution in [1.29, 1.82) is 0 Å². The molecule has 0 saturated heterocycles. The van der Waals surface area contributed by atoms with Crippen LogP contribution < -0.4 is 0 Å². The highest BCUT2D eigenvalue weighted by Crippen LogP contribution is 2.06. The normalized spacial score (nSPS) is 7.59. The van der Waals surface area contributed by atoms with E-state index in [2.05, 4.69) is 0 Å². The molecule has 3 nitrogen and oxygen atoms in total. The van der Waals surface area contributed by atoms with Gasteiger partial charge in [-0.05, 0) is 0 Å². The Kier molecular flexibility index (Phi) is 21.4. The zero-order valence-corrected chi connectivity index (χ0v) is 11.8. The number of carbonyl (C=O) groups excluding carboxylic acids is 1. The maximum absolute atomic E-state index is 11.3. The largest absolute Gasteiger partial charge is 0.400 e. The first-order valence-electron chi connectivity index (χ1n) is 5.70. The lowest BCUT2D eigenvalue weighted by Crippen LogP contribution is -2.06. The Morgan fingerprint density at radius 2 is 1.29 bits per heavy atom. The van der Waals surface area contributed by atoms with E-state index in [4.69, 9.17) is 10.2 Å². The van der Waals surface area contributed by atoms with Crippen molar-refractivity contribution < 1.29 is 15.0 Å². The summed E-state index contributed by atoms with van der Waals surface area (Å²) < 4.78 is 0. The fourth-order valence-corrected chi connectivity index (χ4v) is 0.936. The highest BCUT2D eigenvalue weighted by molar-refractivity contribution is 5.97. The van der Waals surface area contributed by atoms with Crippen molar-refractivity contribution in [3.05, 3.63) is 35.9 Å². The van der Waals surface area contributed by atoms with Crippen LogP contribution >= 0.6 is 0 Å². The highest BCUT2D eigenvalue weighted by Gasteiger charge is 2.08. The molecule has 0 atom stereocenters. The number of hydrogen-bond donors (Lipinski definition) is 2. The minimum atomic E-state index is 0.0948. The van der Waals surface area contributed by atoms with Crippen molar-refractivity contribution in [3.63, 3.8) is 0 Å². The van der Waals surface area contributed by atoms with E-state index in [0.717, 1.165) is 19.8 Å². The molecule has 1 aromatic rings. The first kappa shape index (κ1) is 21.1. The molecule has 0 spiro atoms. The summed E-state index contributed by atoms with van der Waals surface area (Å²) in [5.41, 5.74) is 0.808. The smallest absolute Gasteiger partial charge is 0.165 e. The van der Waals surface area contributed by atoms with Crippen LogP contribution in [-0.4, -0.2) is 30.2 Å². The van der Waals surface area contributed by atoms with E-state index in [0.29, 0.717) is 0 Å². The summed E-state index contributed by atoms with van der Waals surface area (Å²) in [6, 6.07) is 9.38. The molecule has 0 aliphatic carbocycles. The van der Waals surface area contributed by atoms with E-state index >= 15 is 0 Å². The molecule has 17 heavy (non-hydrogen) atoms. The third kappa shape index (κ3) is 11.1. The predicted molar refractivity (Wildman–Crippen MR) is 73.2 cm³/mol. The molecule has 0 aliphatic heterocycles. The molecule has 0 saturated carbocycles. The third-order valence-corrected chi connectivity index (χ3v) is 1.58. The van der Waals surface area contributed by atoms with Crippen LogP contribution in [0.3, 0.4) is 0 Å². The Bertz CT molecular complexity index is 243. The molecule has 2 N–H and O–H groups in total. The van der Waals surface area contributed by atoms with Gasteiger partial charge in [-0.15, -0.1) is 0 Å². The highest BCUT2D eigenvalue weighted by atomic mass is 16.2. The van der Waals surface area contributed by atoms with Gasteiger partial charge in [-0.1, -0.05) is 58.0 Å². The Balaban J connectivity index is -0.000000285. The lowest BCUT2D eigenvalue weighted by atomic mass is 10.0. The summed E-state index contributed by atoms with van der Waals surface area (Å²) in [5, 5.41) is 14.0. The lowest BCUT2D eigenvalue weighted by molar-refractivity contribution is 0.0939. The standard InChI is InChI=1S/C10H12O.C2H6.2CH4O/c1-8(2)10(11)9-6-4-3-5-7-9;3*1-2/h3-8H,1-2H3;1-2H3;2*2H,1H3. The van der Waals surface area contributed by atoms with Crippen molar-refractivity contribution >= 4 is 5.78 Å². The fourth-order valence-electron chi connectivity index (χ4n) is 0.936. The average Bonchev–Trinajstić information content (AvgIpc) is 2.45. The molecular weight excluding hydrogens is 216 g/mol. The van der Waals surface area contributed by atoms with Crippen LogP contribution in [0.5, 0.6) is 0 Å². The molecule has 100 valence electrons. The Morgan fingerprint density at radius 3 is 1.59 bits per heavy atom. The number of aliphatic hydroxyl groups excluding tert-OH is 2. The van der Waals surface area contributed by atoms with E-state index in [1.165, 1.54) is 0 Å². The van der Waals surface area contributed by atoms with Crippen LogP contribution in [0.15, 0.2) is 30.3 Å². The predicted octanol–water partition coefficient (Wildman–Crippen LogP) is 2.77. The molecule has 0 bridgehead atoms. The van der Waals surface area contributed by atoms with Crippen LogP contribution in [0.2, 0.25) is 0 Å². The van der Waals surface area contributed by atoms with Gasteiger partial charge in [0.2, 0.25) is 0 Å². The topological polar surface area (TPSA) is 57.5 Å². The number of ketones is 1. The number of benzene rings is 1. The van der Waals surface area contributed by atoms with Crippen molar-refractivity contribution in [3.8, 4) is 0 Å². The minimum Gasteiger partial charge on any atom is -0.400 e. The molecule has 0 heterocycles. The second-order valence-electron chi connectivity index (χ2n) is 2.88. The molecule has 0 amide bonds. The lowest BCUT2D eigenvalue weighted by Gasteiger charge is -2.01. The maximum Gasteiger partial charge on any atom is 0.165 e. The van der Waals surface area contributed by atoms with Gasteiger partial charge in [0.1, 0.15) is 0 Å². The van der Waals surface area contributed by atoms with Gasteiger partial charge in [0.25, 0.3) is 0 Å². The summed E-state index contributed by atoms with van der Waals surface area (Å²) >= 11 is 0. The number of carbonyl (C=O) groups is 1. The van der Waals surface area contributed by atoms with Gasteiger partial charge in [-0.25, -0.2) is 0 Å². The molecule has 0 aromatic heterocycles. The number of hydrogen-bond acceptors (Lipinski definition) is 3. The Hall–Kier alpha value is -1.19. The van der Waals surface area contributed by atoms with Crippen molar-refractivity contribution in [1.82, 2.24) is 0 Å². The number of Topliss-reactive ketones (excluding diaryl/α,β-unsaturated/α-hetero) is 1. The van der Waals surface area contributed by atoms with E-state index in [1.54, 1.807) is 0 Å². The van der Waals surface area contributed by atoms with Crippen LogP contribution in [0.25, 0.3) is 0 Å². The van der Waals surface area contributed by atoms with Crippen molar-refractivity contribution in [2.75, 3.05) is 14.2 Å². The van der Waals surface area contributed by atoms with E-state index in [1.807, 2.05) is 58.0 Å². The van der Waals surface area contributed by atoms with Gasteiger partial charge >= 0.3 is 0 Å². The van der Waals surface area contributed by atoms with Gasteiger partial charge in [0.15, 0.2) is 5.78 Å². The van der Waals surface area contributed by atoms with Gasteiger partial charge in [0.05, 0.1) is 0 Å². The molecule has 0 radical (unpaired) electrons. The molecule has 0 fully saturated rings. The molecule has 3 heteroatoms. The van der Waals surface area contributed by atoms with Crippen molar-refractivity contribution in [2.24, 2.45) is 5.92 Å². The molecule has 0 aliphatic rings. The van der Waals surface area contributed by atoms with E-state index in [9.17, 15) is 4.79 Å². The van der Waals surface area contributed by atoms with E-state index < -0.39 is 0 Å². The van der Waals surface area contributed by atoms with Crippen LogP contribution in [0.4, 0.5) is 0 Å². The summed E-state index contributed by atoms with van der Waals surface area (Å²) in [4.78, 5) is 11.3. The quantitative estimate of drug-likeness (QED) is 0.784. The summed E-state index contributed by atoms with van der Waals surface area (Å²) in [7, 11) is 2.00. The number of aliphatic hydroxyl groups is 2. The van der Waals surface area contributed by atoms with Crippen LogP contribution in [-0.2, 0) is 0 Å². The Morgan fingerprint density at radius 1 is 0.941 bits per heavy atom. The maximum atomic E-state index is 11.3. The third-order valence-electron chi connectivity index (χ3n) is 1.58. The van der Waals surface area contributed by atoms with E-state index in [-0.39, 0.29) is 11.7 Å². The second-order valence-corrected chi connectivity index (χ2v) is 2.88. The second kappa shape index (κ2) is 17.2. The van der Waals surface area contributed by atoms with Gasteiger partial charge in [-0.3, -0.25) is 4.79 Å². The zero-order valence-electron chi connectivity index (χ0n) is 11.8. The van der Waals surface area contributed by atoms with Crippen molar-refractivity contribution in [2.45, 2.75) is 27.7 Å². The first-order valence-corrected chi connectivity index (χ1v) is 5.70.